The SMILES string of the molecule is Cc1cc(C(=O)NCC(Cc2ccccc2)C2CCCCN2C(=O)c2cc(Cl)sc2Cl)ccc1Cl. The van der Waals surface area contributed by atoms with Crippen LogP contribution in [0.2, 0.25) is 13.7 Å². The number of piperidine rings is 1. The number of halogens is 3. The van der Waals surface area contributed by atoms with Gasteiger partial charge in [-0.15, -0.1) is 11.3 Å². The maximum Gasteiger partial charge on any atom is 0.256 e. The van der Waals surface area contributed by atoms with E-state index in [0.29, 0.717) is 37.9 Å². The van der Waals surface area contributed by atoms with E-state index in [9.17, 15) is 9.59 Å². The van der Waals surface area contributed by atoms with Gasteiger partial charge in [-0.05, 0) is 68.0 Å². The van der Waals surface area contributed by atoms with E-state index in [1.807, 2.05) is 30.0 Å². The molecule has 1 aliphatic heterocycles. The Labute approximate surface area is 225 Å². The summed E-state index contributed by atoms with van der Waals surface area (Å²) in [4.78, 5) is 28.4. The van der Waals surface area contributed by atoms with E-state index in [1.165, 1.54) is 16.9 Å². The van der Waals surface area contributed by atoms with E-state index < -0.39 is 0 Å². The molecule has 2 aromatic carbocycles. The lowest BCUT2D eigenvalue weighted by atomic mass is 9.85. The number of nitrogens with zero attached hydrogens (tertiary/aromatic N) is 1. The normalized spacial score (nSPS) is 16.7. The highest BCUT2D eigenvalue weighted by Crippen LogP contribution is 2.34. The summed E-state index contributed by atoms with van der Waals surface area (Å²) in [6.45, 7) is 2.98. The maximum atomic E-state index is 13.5. The molecular formula is C27H27Cl3N2O2S. The number of carbonyl (C=O) groups excluding carboxylic acids is 2. The second-order valence-electron chi connectivity index (χ2n) is 8.92. The molecule has 2 unspecified atom stereocenters. The fourth-order valence-corrected chi connectivity index (χ4v) is 6.28. The van der Waals surface area contributed by atoms with Gasteiger partial charge < -0.3 is 10.2 Å². The molecule has 0 bridgehead atoms. The van der Waals surface area contributed by atoms with Crippen molar-refractivity contribution in [2.45, 2.75) is 38.6 Å². The van der Waals surface area contributed by atoms with Crippen LogP contribution in [0, 0.1) is 12.8 Å². The van der Waals surface area contributed by atoms with Gasteiger partial charge in [0.15, 0.2) is 0 Å². The molecule has 184 valence electrons. The van der Waals surface area contributed by atoms with Gasteiger partial charge in [0.2, 0.25) is 0 Å². The smallest absolute Gasteiger partial charge is 0.256 e. The van der Waals surface area contributed by atoms with Crippen molar-refractivity contribution in [1.82, 2.24) is 10.2 Å². The molecule has 2 atom stereocenters. The van der Waals surface area contributed by atoms with Gasteiger partial charge >= 0.3 is 0 Å². The minimum Gasteiger partial charge on any atom is -0.352 e. The van der Waals surface area contributed by atoms with Crippen molar-refractivity contribution in [3.05, 3.63) is 90.5 Å². The number of carbonyl (C=O) groups is 2. The first-order chi connectivity index (χ1) is 16.8. The molecule has 0 aliphatic carbocycles. The Balaban J connectivity index is 1.57. The van der Waals surface area contributed by atoms with Crippen LogP contribution in [0.25, 0.3) is 0 Å². The Bertz CT molecular complexity index is 1200. The van der Waals surface area contributed by atoms with Crippen LogP contribution >= 0.6 is 46.1 Å². The molecule has 35 heavy (non-hydrogen) atoms. The van der Waals surface area contributed by atoms with Crippen LogP contribution in [-0.2, 0) is 6.42 Å². The van der Waals surface area contributed by atoms with Crippen molar-refractivity contribution < 1.29 is 9.59 Å². The zero-order chi connectivity index (χ0) is 24.9. The molecule has 0 spiro atoms. The molecule has 1 N–H and O–H groups in total. The van der Waals surface area contributed by atoms with Crippen molar-refractivity contribution in [3.63, 3.8) is 0 Å². The highest BCUT2D eigenvalue weighted by atomic mass is 35.5. The lowest BCUT2D eigenvalue weighted by Gasteiger charge is -2.41. The van der Waals surface area contributed by atoms with Crippen LogP contribution in [0.15, 0.2) is 54.6 Å². The first kappa shape index (κ1) is 26.0. The van der Waals surface area contributed by atoms with Gasteiger partial charge in [-0.1, -0.05) is 65.1 Å². The molecule has 2 heterocycles. The standard InChI is InChI=1S/C27H27Cl3N2O2S/c1-17-13-19(10-11-22(17)28)26(33)31-16-20(14-18-7-3-2-4-8-18)23-9-5-6-12-32(23)27(34)21-15-24(29)35-25(21)30/h2-4,7-8,10-11,13,15,20,23H,5-6,9,12,14,16H2,1H3,(H,31,33). The summed E-state index contributed by atoms with van der Waals surface area (Å²) in [5.74, 6) is -0.211. The van der Waals surface area contributed by atoms with Crippen molar-refractivity contribution in [2.75, 3.05) is 13.1 Å². The summed E-state index contributed by atoms with van der Waals surface area (Å²) in [5, 5.41) is 3.74. The molecule has 1 aromatic heterocycles. The minimum absolute atomic E-state index is 0.0292. The molecule has 8 heteroatoms. The van der Waals surface area contributed by atoms with Crippen molar-refractivity contribution >= 4 is 58.0 Å². The number of thiophene rings is 1. The fourth-order valence-electron chi connectivity index (χ4n) is 4.71. The Hall–Kier alpha value is -2.05. The Morgan fingerprint density at radius 2 is 1.86 bits per heavy atom. The summed E-state index contributed by atoms with van der Waals surface area (Å²) in [7, 11) is 0. The topological polar surface area (TPSA) is 49.4 Å². The molecule has 3 aromatic rings. The van der Waals surface area contributed by atoms with Crippen molar-refractivity contribution in [3.8, 4) is 0 Å². The van der Waals surface area contributed by atoms with Crippen LogP contribution in [-0.4, -0.2) is 35.8 Å². The Morgan fingerprint density at radius 1 is 1.09 bits per heavy atom. The molecule has 1 saturated heterocycles. The molecule has 0 radical (unpaired) electrons. The second-order valence-corrected chi connectivity index (χ2v) is 11.6. The predicted molar refractivity (Wildman–Crippen MR) is 145 cm³/mol. The average molecular weight is 550 g/mol. The number of aryl methyl sites for hydroxylation is 1. The van der Waals surface area contributed by atoms with Gasteiger partial charge in [0.05, 0.1) is 9.90 Å². The number of amides is 2. The number of likely N-dealkylation sites (tertiary alicyclic amines) is 1. The van der Waals surface area contributed by atoms with E-state index in [1.54, 1.807) is 24.3 Å². The summed E-state index contributed by atoms with van der Waals surface area (Å²) in [5.41, 5.74) is 3.05. The van der Waals surface area contributed by atoms with Crippen LogP contribution in [0.5, 0.6) is 0 Å². The molecule has 0 saturated carbocycles. The quantitative estimate of drug-likeness (QED) is 0.336. The lowest BCUT2D eigenvalue weighted by Crippen LogP contribution is -2.50. The van der Waals surface area contributed by atoms with E-state index in [0.717, 1.165) is 31.2 Å². The fraction of sp³-hybridized carbons (Fsp3) is 0.333. The molecule has 4 nitrogen and oxygen atoms in total. The molecule has 2 amide bonds. The van der Waals surface area contributed by atoms with Crippen LogP contribution in [0.1, 0.15) is 51.1 Å². The third-order valence-corrected chi connectivity index (χ3v) is 8.44. The van der Waals surface area contributed by atoms with E-state index in [4.69, 9.17) is 34.8 Å². The largest absolute Gasteiger partial charge is 0.352 e. The van der Waals surface area contributed by atoms with E-state index in [-0.39, 0.29) is 23.8 Å². The number of hydrogen-bond acceptors (Lipinski definition) is 3. The van der Waals surface area contributed by atoms with Gasteiger partial charge in [-0.3, -0.25) is 9.59 Å². The first-order valence-corrected chi connectivity index (χ1v) is 13.6. The summed E-state index contributed by atoms with van der Waals surface area (Å²) >= 11 is 19.8. The molecule has 4 rings (SSSR count). The third kappa shape index (κ3) is 6.39. The van der Waals surface area contributed by atoms with Gasteiger partial charge in [0.1, 0.15) is 4.34 Å². The highest BCUT2D eigenvalue weighted by molar-refractivity contribution is 7.20. The van der Waals surface area contributed by atoms with Gasteiger partial charge in [-0.2, -0.15) is 0 Å². The van der Waals surface area contributed by atoms with Gasteiger partial charge in [0.25, 0.3) is 11.8 Å². The summed E-state index contributed by atoms with van der Waals surface area (Å²) in [6.07, 6.45) is 3.58. The van der Waals surface area contributed by atoms with Crippen molar-refractivity contribution in [1.29, 1.82) is 0 Å². The van der Waals surface area contributed by atoms with Crippen LogP contribution < -0.4 is 5.32 Å². The Kier molecular flexibility index (Phi) is 8.77. The monoisotopic (exact) mass is 548 g/mol. The highest BCUT2D eigenvalue weighted by Gasteiger charge is 2.35. The number of rotatable bonds is 7. The minimum atomic E-state index is -0.149. The van der Waals surface area contributed by atoms with Crippen LogP contribution in [0.4, 0.5) is 0 Å². The average Bonchev–Trinajstić information content (AvgIpc) is 3.21. The number of hydrogen-bond donors (Lipinski definition) is 1. The van der Waals surface area contributed by atoms with Crippen molar-refractivity contribution in [2.24, 2.45) is 5.92 Å². The first-order valence-electron chi connectivity index (χ1n) is 11.7. The van der Waals surface area contributed by atoms with Crippen LogP contribution in [0.3, 0.4) is 0 Å². The third-order valence-electron chi connectivity index (χ3n) is 6.53. The summed E-state index contributed by atoms with van der Waals surface area (Å²) < 4.78 is 0.911. The predicted octanol–water partition coefficient (Wildman–Crippen LogP) is 7.30. The maximum absolute atomic E-state index is 13.5. The molecular weight excluding hydrogens is 523 g/mol. The Morgan fingerprint density at radius 3 is 2.54 bits per heavy atom. The van der Waals surface area contributed by atoms with Gasteiger partial charge in [-0.25, -0.2) is 0 Å². The number of nitrogens with one attached hydrogen (secondary N) is 1. The second kappa shape index (κ2) is 11.8. The zero-order valence-electron chi connectivity index (χ0n) is 19.4. The van der Waals surface area contributed by atoms with E-state index in [2.05, 4.69) is 17.4 Å². The molecule has 1 aliphatic rings. The zero-order valence-corrected chi connectivity index (χ0v) is 22.5. The van der Waals surface area contributed by atoms with E-state index >= 15 is 0 Å². The molecule has 1 fully saturated rings. The summed E-state index contributed by atoms with van der Waals surface area (Å²) in [6, 6.07) is 17.1. The number of benzene rings is 2. The lowest BCUT2D eigenvalue weighted by molar-refractivity contribution is 0.0510. The van der Waals surface area contributed by atoms with Gasteiger partial charge in [0, 0.05) is 35.6 Å².